The van der Waals surface area contributed by atoms with E-state index in [4.69, 9.17) is 0 Å². The van der Waals surface area contributed by atoms with Crippen molar-refractivity contribution < 1.29 is 22.8 Å². The maximum Gasteiger partial charge on any atom is 0.414 e. The molecule has 1 N–H and O–H groups in total. The molecule has 6 heteroatoms. The van der Waals surface area contributed by atoms with Gasteiger partial charge in [-0.05, 0) is 18.1 Å². The van der Waals surface area contributed by atoms with Gasteiger partial charge in [0.15, 0.2) is 6.61 Å². The highest BCUT2D eigenvalue weighted by atomic mass is 19.4. The van der Waals surface area contributed by atoms with Gasteiger partial charge < -0.3 is 0 Å². The fourth-order valence-corrected chi connectivity index (χ4v) is 1.29. The largest absolute Gasteiger partial charge is 0.414 e. The highest BCUT2D eigenvalue weighted by molar-refractivity contribution is 5.94. The number of halogens is 3. The number of amides is 1. The standard InChI is InChI=1S/C11H12F3NO2/c1-2-8-5-3-4-6-9(8)10(16)15-17-7-11(12,13)14/h3-6H,2,7H2,1H3,(H,15,16). The second-order valence-electron chi connectivity index (χ2n) is 3.35. The van der Waals surface area contributed by atoms with Gasteiger partial charge in [0.25, 0.3) is 5.91 Å². The fraction of sp³-hybridized carbons (Fsp3) is 0.364. The first-order valence-corrected chi connectivity index (χ1v) is 5.01. The van der Waals surface area contributed by atoms with Crippen molar-refractivity contribution in [1.82, 2.24) is 5.48 Å². The Morgan fingerprint density at radius 1 is 1.35 bits per heavy atom. The molecule has 3 nitrogen and oxygen atoms in total. The number of aryl methyl sites for hydroxylation is 1. The lowest BCUT2D eigenvalue weighted by Gasteiger charge is -2.10. The Morgan fingerprint density at radius 2 is 2.00 bits per heavy atom. The van der Waals surface area contributed by atoms with E-state index < -0.39 is 18.7 Å². The zero-order chi connectivity index (χ0) is 12.9. The zero-order valence-electron chi connectivity index (χ0n) is 9.17. The van der Waals surface area contributed by atoms with Crippen molar-refractivity contribution in [2.75, 3.05) is 6.61 Å². The number of carbonyl (C=O) groups excluding carboxylic acids is 1. The van der Waals surface area contributed by atoms with Gasteiger partial charge in [-0.25, -0.2) is 5.48 Å². The molecule has 1 amide bonds. The van der Waals surface area contributed by atoms with E-state index in [-0.39, 0.29) is 0 Å². The monoisotopic (exact) mass is 247 g/mol. The van der Waals surface area contributed by atoms with Crippen LogP contribution in [-0.2, 0) is 11.3 Å². The lowest BCUT2D eigenvalue weighted by molar-refractivity contribution is -0.184. The average Bonchev–Trinajstić information content (AvgIpc) is 2.27. The van der Waals surface area contributed by atoms with E-state index in [1.807, 2.05) is 6.92 Å². The van der Waals surface area contributed by atoms with Crippen LogP contribution in [0.5, 0.6) is 0 Å². The van der Waals surface area contributed by atoms with E-state index in [2.05, 4.69) is 4.84 Å². The van der Waals surface area contributed by atoms with Crippen molar-refractivity contribution >= 4 is 5.91 Å². The molecule has 1 rings (SSSR count). The predicted octanol–water partition coefficient (Wildman–Crippen LogP) is 2.47. The normalized spacial score (nSPS) is 11.3. The zero-order valence-corrected chi connectivity index (χ0v) is 9.17. The Kier molecular flexibility index (Phi) is 4.51. The van der Waals surface area contributed by atoms with Gasteiger partial charge in [0, 0.05) is 5.56 Å². The Hall–Kier alpha value is -1.56. The van der Waals surface area contributed by atoms with Crippen molar-refractivity contribution in [3.8, 4) is 0 Å². The second kappa shape index (κ2) is 5.67. The van der Waals surface area contributed by atoms with E-state index >= 15 is 0 Å². The molecule has 17 heavy (non-hydrogen) atoms. The van der Waals surface area contributed by atoms with Crippen LogP contribution in [0.4, 0.5) is 13.2 Å². The van der Waals surface area contributed by atoms with Crippen molar-refractivity contribution in [1.29, 1.82) is 0 Å². The summed E-state index contributed by atoms with van der Waals surface area (Å²) in [5.41, 5.74) is 2.84. The van der Waals surface area contributed by atoms with Crippen LogP contribution in [0.25, 0.3) is 0 Å². The summed E-state index contributed by atoms with van der Waals surface area (Å²) in [6.45, 7) is 0.343. The van der Waals surface area contributed by atoms with E-state index in [0.29, 0.717) is 12.0 Å². The first-order chi connectivity index (χ1) is 7.94. The average molecular weight is 247 g/mol. The van der Waals surface area contributed by atoms with Crippen molar-refractivity contribution in [2.24, 2.45) is 0 Å². The molecule has 1 aromatic carbocycles. The number of hydroxylamine groups is 1. The van der Waals surface area contributed by atoms with Crippen LogP contribution >= 0.6 is 0 Å². The van der Waals surface area contributed by atoms with Crippen molar-refractivity contribution in [3.05, 3.63) is 35.4 Å². The molecule has 0 radical (unpaired) electrons. The van der Waals surface area contributed by atoms with Crippen LogP contribution < -0.4 is 5.48 Å². The number of benzene rings is 1. The summed E-state index contributed by atoms with van der Waals surface area (Å²) in [6.07, 6.45) is -3.85. The molecular weight excluding hydrogens is 235 g/mol. The minimum absolute atomic E-state index is 0.317. The molecule has 0 aliphatic heterocycles. The molecule has 0 saturated carbocycles. The number of hydrogen-bond acceptors (Lipinski definition) is 2. The summed E-state index contributed by atoms with van der Waals surface area (Å²) >= 11 is 0. The maximum atomic E-state index is 11.8. The Balaban J connectivity index is 2.58. The van der Waals surface area contributed by atoms with Gasteiger partial charge in [0.2, 0.25) is 0 Å². The summed E-state index contributed by atoms with van der Waals surface area (Å²) in [5.74, 6) is -0.674. The number of carbonyl (C=O) groups is 1. The third-order valence-corrected chi connectivity index (χ3v) is 2.04. The molecule has 0 unspecified atom stereocenters. The molecule has 0 heterocycles. The van der Waals surface area contributed by atoms with Crippen LogP contribution in [-0.4, -0.2) is 18.7 Å². The number of alkyl halides is 3. The summed E-state index contributed by atoms with van der Waals surface area (Å²) in [4.78, 5) is 15.6. The molecule has 0 aromatic heterocycles. The molecular formula is C11H12F3NO2. The molecule has 1 aromatic rings. The molecule has 0 bridgehead atoms. The smallest absolute Gasteiger partial charge is 0.267 e. The lowest BCUT2D eigenvalue weighted by Crippen LogP contribution is -2.30. The highest BCUT2D eigenvalue weighted by Crippen LogP contribution is 2.14. The molecule has 0 atom stereocenters. The van der Waals surface area contributed by atoms with Crippen LogP contribution in [0.3, 0.4) is 0 Å². The topological polar surface area (TPSA) is 38.3 Å². The van der Waals surface area contributed by atoms with Gasteiger partial charge >= 0.3 is 6.18 Å². The Bertz CT molecular complexity index is 391. The van der Waals surface area contributed by atoms with Gasteiger partial charge in [0.1, 0.15) is 0 Å². The molecule has 0 aliphatic rings. The van der Waals surface area contributed by atoms with Crippen molar-refractivity contribution in [2.45, 2.75) is 19.5 Å². The summed E-state index contributed by atoms with van der Waals surface area (Å²) in [5, 5.41) is 0. The van der Waals surface area contributed by atoms with E-state index in [1.165, 1.54) is 6.07 Å². The Morgan fingerprint density at radius 3 is 2.59 bits per heavy atom. The SMILES string of the molecule is CCc1ccccc1C(=O)NOCC(F)(F)F. The van der Waals surface area contributed by atoms with Crippen LogP contribution in [0.15, 0.2) is 24.3 Å². The first-order valence-electron chi connectivity index (χ1n) is 5.01. The number of hydrogen-bond donors (Lipinski definition) is 1. The molecule has 94 valence electrons. The fourth-order valence-electron chi connectivity index (χ4n) is 1.29. The molecule has 0 saturated heterocycles. The van der Waals surface area contributed by atoms with Gasteiger partial charge in [-0.15, -0.1) is 0 Å². The summed E-state index contributed by atoms with van der Waals surface area (Å²) in [7, 11) is 0. The van der Waals surface area contributed by atoms with Gasteiger partial charge in [-0.2, -0.15) is 13.2 Å². The van der Waals surface area contributed by atoms with Crippen LogP contribution in [0.2, 0.25) is 0 Å². The minimum Gasteiger partial charge on any atom is -0.267 e. The van der Waals surface area contributed by atoms with E-state index in [9.17, 15) is 18.0 Å². The minimum atomic E-state index is -4.46. The highest BCUT2D eigenvalue weighted by Gasteiger charge is 2.28. The van der Waals surface area contributed by atoms with E-state index in [1.54, 1.807) is 23.7 Å². The summed E-state index contributed by atoms with van der Waals surface area (Å²) in [6, 6.07) is 6.66. The van der Waals surface area contributed by atoms with E-state index in [0.717, 1.165) is 5.56 Å². The molecule has 0 aliphatic carbocycles. The second-order valence-corrected chi connectivity index (χ2v) is 3.35. The predicted molar refractivity (Wildman–Crippen MR) is 55.3 cm³/mol. The maximum absolute atomic E-state index is 11.8. The summed E-state index contributed by atoms with van der Waals surface area (Å²) < 4.78 is 35.3. The number of rotatable bonds is 4. The quantitative estimate of drug-likeness (QED) is 0.830. The first kappa shape index (κ1) is 13.5. The van der Waals surface area contributed by atoms with Crippen LogP contribution in [0, 0.1) is 0 Å². The lowest BCUT2D eigenvalue weighted by atomic mass is 10.1. The Labute approximate surface area is 96.5 Å². The number of nitrogens with one attached hydrogen (secondary N) is 1. The van der Waals surface area contributed by atoms with Crippen LogP contribution in [0.1, 0.15) is 22.8 Å². The molecule has 0 fully saturated rings. The van der Waals surface area contributed by atoms with Gasteiger partial charge in [-0.3, -0.25) is 9.63 Å². The van der Waals surface area contributed by atoms with Crippen molar-refractivity contribution in [3.63, 3.8) is 0 Å². The third kappa shape index (κ3) is 4.44. The van der Waals surface area contributed by atoms with Gasteiger partial charge in [0.05, 0.1) is 0 Å². The van der Waals surface area contributed by atoms with Gasteiger partial charge in [-0.1, -0.05) is 25.1 Å². The molecule has 0 spiro atoms. The third-order valence-electron chi connectivity index (χ3n) is 2.04.